The Kier molecular flexibility index (Phi) is 11.7. The molecule has 0 bridgehead atoms. The molecule has 2 heterocycles. The van der Waals surface area contributed by atoms with Crippen LogP contribution in [0.5, 0.6) is 0 Å². The van der Waals surface area contributed by atoms with E-state index >= 15 is 0 Å². The van der Waals surface area contributed by atoms with Gasteiger partial charge in [-0.05, 0) is 56.1 Å². The van der Waals surface area contributed by atoms with Gasteiger partial charge in [0.05, 0.1) is 21.3 Å². The summed E-state index contributed by atoms with van der Waals surface area (Å²) in [5, 5.41) is 10.2. The lowest BCUT2D eigenvalue weighted by Crippen LogP contribution is -2.53. The van der Waals surface area contributed by atoms with Crippen LogP contribution < -0.4 is 16.0 Å². The lowest BCUT2D eigenvalue weighted by Gasteiger charge is -2.25. The highest BCUT2D eigenvalue weighted by atomic mass is 35.5. The predicted molar refractivity (Wildman–Crippen MR) is 165 cm³/mol. The minimum absolute atomic E-state index is 0.196. The van der Waals surface area contributed by atoms with Crippen LogP contribution in [0.2, 0.25) is 5.02 Å². The summed E-state index contributed by atoms with van der Waals surface area (Å²) in [6, 6.07) is 14.1. The van der Waals surface area contributed by atoms with Crippen LogP contribution in [0.4, 0.5) is 0 Å². The zero-order chi connectivity index (χ0) is 29.0. The topological polar surface area (TPSA) is 103 Å². The van der Waals surface area contributed by atoms with Crippen LogP contribution in [0.15, 0.2) is 60.7 Å². The summed E-state index contributed by atoms with van der Waals surface area (Å²) < 4.78 is 0.923. The number of carbonyl (C=O) groups excluding carboxylic acids is 3. The number of likely N-dealkylation sites (tertiary alicyclic amines) is 1. The maximum Gasteiger partial charge on any atom is 0.243 e. The fraction of sp³-hybridized carbons (Fsp3) is 0.419. The highest BCUT2D eigenvalue weighted by molar-refractivity contribution is 7.18. The monoisotopic (exact) mass is 595 g/mol. The van der Waals surface area contributed by atoms with Gasteiger partial charge in [0.25, 0.3) is 0 Å². The summed E-state index contributed by atoms with van der Waals surface area (Å²) in [4.78, 5) is 45.5. The van der Waals surface area contributed by atoms with Gasteiger partial charge in [-0.25, -0.2) is 4.98 Å². The summed E-state index contributed by atoms with van der Waals surface area (Å²) in [5.74, 6) is -0.737. The van der Waals surface area contributed by atoms with Crippen LogP contribution in [-0.4, -0.2) is 65.9 Å². The lowest BCUT2D eigenvalue weighted by molar-refractivity contribution is -0.129. The number of nitrogens with zero attached hydrogens (tertiary/aromatic N) is 2. The van der Waals surface area contributed by atoms with Gasteiger partial charge in [-0.15, -0.1) is 11.3 Å². The van der Waals surface area contributed by atoms with E-state index in [0.29, 0.717) is 11.4 Å². The summed E-state index contributed by atoms with van der Waals surface area (Å²) in [6.45, 7) is 4.89. The Bertz CT molecular complexity index is 1340. The molecule has 2 aromatic carbocycles. The number of rotatable bonds is 13. The standard InChI is InChI=1S/C31H38ClN5O3S/c1-2-28(38)35-26(20-30-36-25-14-13-23(32)19-27(25)41-30)31(40)34-24(18-22-10-5-3-6-11-22)21-33-29(39)12-9-17-37-15-7-4-8-16-37/h3,5-6,9-14,19,24,26H,2,4,7-8,15-18,20-21H2,1H3,(H,33,39)(H,34,40)(H,35,38)/b12-9+/t24-,26-/m0/s1. The maximum absolute atomic E-state index is 13.6. The number of halogens is 1. The van der Waals surface area contributed by atoms with Crippen molar-refractivity contribution in [3.8, 4) is 0 Å². The number of fused-ring (bicyclic) bond motifs is 1. The molecule has 41 heavy (non-hydrogen) atoms. The first kappa shape index (κ1) is 30.7. The van der Waals surface area contributed by atoms with Crippen LogP contribution >= 0.6 is 22.9 Å². The van der Waals surface area contributed by atoms with E-state index in [-0.39, 0.29) is 43.1 Å². The van der Waals surface area contributed by atoms with Crippen molar-refractivity contribution in [1.82, 2.24) is 25.8 Å². The SMILES string of the molecule is CCC(=O)N[C@@H](Cc1nc2ccc(Cl)cc2s1)C(=O)N[C@H](CNC(=O)/C=C/CN1CCCCC1)Cc1ccccc1. The Balaban J connectivity index is 1.42. The summed E-state index contributed by atoms with van der Waals surface area (Å²) in [7, 11) is 0. The van der Waals surface area contributed by atoms with Crippen LogP contribution in [0.3, 0.4) is 0 Å². The first-order chi connectivity index (χ1) is 19.9. The smallest absolute Gasteiger partial charge is 0.243 e. The van der Waals surface area contributed by atoms with Gasteiger partial charge in [0, 0.05) is 37.0 Å². The molecule has 0 saturated carbocycles. The van der Waals surface area contributed by atoms with Gasteiger partial charge >= 0.3 is 0 Å². The molecule has 218 valence electrons. The summed E-state index contributed by atoms with van der Waals surface area (Å²) in [5.41, 5.74) is 1.83. The minimum atomic E-state index is -0.808. The summed E-state index contributed by atoms with van der Waals surface area (Å²) in [6.07, 6.45) is 8.17. The van der Waals surface area contributed by atoms with E-state index in [4.69, 9.17) is 11.6 Å². The number of amides is 3. The Morgan fingerprint density at radius 3 is 2.59 bits per heavy atom. The molecule has 1 saturated heterocycles. The zero-order valence-corrected chi connectivity index (χ0v) is 25.0. The van der Waals surface area contributed by atoms with E-state index in [2.05, 4.69) is 25.8 Å². The van der Waals surface area contributed by atoms with E-state index in [1.807, 2.05) is 48.5 Å². The molecule has 0 spiro atoms. The van der Waals surface area contributed by atoms with Gasteiger partial charge in [-0.2, -0.15) is 0 Å². The molecule has 10 heteroatoms. The van der Waals surface area contributed by atoms with Crippen molar-refractivity contribution in [2.24, 2.45) is 0 Å². The number of piperidine rings is 1. The molecular formula is C31H38ClN5O3S. The third kappa shape index (κ3) is 9.95. The predicted octanol–water partition coefficient (Wildman–Crippen LogP) is 4.27. The lowest BCUT2D eigenvalue weighted by atomic mass is 10.0. The molecule has 0 unspecified atom stereocenters. The Labute approximate surface area is 250 Å². The molecule has 1 aromatic heterocycles. The fourth-order valence-corrected chi connectivity index (χ4v) is 6.11. The molecule has 2 atom stereocenters. The molecule has 3 aromatic rings. The van der Waals surface area contributed by atoms with Gasteiger partial charge in [-0.3, -0.25) is 19.3 Å². The van der Waals surface area contributed by atoms with E-state index in [1.165, 1.54) is 30.6 Å². The summed E-state index contributed by atoms with van der Waals surface area (Å²) >= 11 is 7.58. The number of carbonyl (C=O) groups is 3. The minimum Gasteiger partial charge on any atom is -0.350 e. The second-order valence-corrected chi connectivity index (χ2v) is 11.9. The third-order valence-corrected chi connectivity index (χ3v) is 8.30. The van der Waals surface area contributed by atoms with Crippen molar-refractivity contribution in [3.63, 3.8) is 0 Å². The van der Waals surface area contributed by atoms with Crippen molar-refractivity contribution in [2.75, 3.05) is 26.2 Å². The molecule has 3 N–H and O–H groups in total. The normalized spacial score (nSPS) is 15.5. The van der Waals surface area contributed by atoms with Crippen LogP contribution in [0.25, 0.3) is 10.2 Å². The number of hydrogen-bond acceptors (Lipinski definition) is 6. The van der Waals surface area contributed by atoms with E-state index in [0.717, 1.165) is 40.4 Å². The molecule has 8 nitrogen and oxygen atoms in total. The number of aromatic nitrogens is 1. The highest BCUT2D eigenvalue weighted by Gasteiger charge is 2.25. The molecular weight excluding hydrogens is 558 g/mol. The van der Waals surface area contributed by atoms with Crippen molar-refractivity contribution in [1.29, 1.82) is 0 Å². The molecule has 1 fully saturated rings. The van der Waals surface area contributed by atoms with Crippen molar-refractivity contribution in [3.05, 3.63) is 76.3 Å². The van der Waals surface area contributed by atoms with E-state index in [9.17, 15) is 14.4 Å². The van der Waals surface area contributed by atoms with Gasteiger partial charge in [0.1, 0.15) is 6.04 Å². The number of thiazole rings is 1. The zero-order valence-electron chi connectivity index (χ0n) is 23.4. The quantitative estimate of drug-likeness (QED) is 0.256. The van der Waals surface area contributed by atoms with Crippen LogP contribution in [0.1, 0.15) is 43.2 Å². The van der Waals surface area contributed by atoms with Crippen molar-refractivity contribution >= 4 is 50.9 Å². The van der Waals surface area contributed by atoms with E-state index in [1.54, 1.807) is 19.1 Å². The van der Waals surface area contributed by atoms with Crippen LogP contribution in [0, 0.1) is 0 Å². The third-order valence-electron chi connectivity index (χ3n) is 7.02. The van der Waals surface area contributed by atoms with Gasteiger partial charge in [-0.1, -0.05) is 61.4 Å². The number of hydrogen-bond donors (Lipinski definition) is 3. The molecule has 1 aliphatic heterocycles. The molecule has 0 radical (unpaired) electrons. The maximum atomic E-state index is 13.6. The Hall–Kier alpha value is -3.27. The molecule has 1 aliphatic rings. The molecule has 0 aliphatic carbocycles. The first-order valence-electron chi connectivity index (χ1n) is 14.2. The average molecular weight is 596 g/mol. The van der Waals surface area contributed by atoms with Crippen molar-refractivity contribution < 1.29 is 14.4 Å². The Morgan fingerprint density at radius 2 is 1.83 bits per heavy atom. The number of nitrogens with one attached hydrogen (secondary N) is 3. The van der Waals surface area contributed by atoms with E-state index < -0.39 is 6.04 Å². The highest BCUT2D eigenvalue weighted by Crippen LogP contribution is 2.26. The molecule has 3 amide bonds. The van der Waals surface area contributed by atoms with Crippen LogP contribution in [-0.2, 0) is 27.2 Å². The fourth-order valence-electron chi connectivity index (χ4n) is 4.82. The largest absolute Gasteiger partial charge is 0.350 e. The second-order valence-electron chi connectivity index (χ2n) is 10.3. The first-order valence-corrected chi connectivity index (χ1v) is 15.4. The second kappa shape index (κ2) is 15.7. The number of benzene rings is 2. The van der Waals surface area contributed by atoms with Gasteiger partial charge in [0.15, 0.2) is 0 Å². The van der Waals surface area contributed by atoms with Gasteiger partial charge < -0.3 is 16.0 Å². The average Bonchev–Trinajstić information content (AvgIpc) is 3.38. The molecule has 4 rings (SSSR count). The van der Waals surface area contributed by atoms with Crippen molar-refractivity contribution in [2.45, 2.75) is 57.5 Å². The van der Waals surface area contributed by atoms with Gasteiger partial charge in [0.2, 0.25) is 17.7 Å². The Morgan fingerprint density at radius 1 is 1.05 bits per heavy atom.